The molecule has 0 spiro atoms. The van der Waals surface area contributed by atoms with E-state index in [9.17, 15) is 19.5 Å². The van der Waals surface area contributed by atoms with E-state index >= 15 is 0 Å². The Bertz CT molecular complexity index is 800. The Labute approximate surface area is 194 Å². The van der Waals surface area contributed by atoms with Crippen LogP contribution in [0.2, 0.25) is 0 Å². The normalized spacial score (nSPS) is 16.3. The van der Waals surface area contributed by atoms with E-state index in [4.69, 9.17) is 14.6 Å². The Morgan fingerprint density at radius 2 is 1.59 bits per heavy atom. The number of thioether (sulfide) groups is 1. The lowest BCUT2D eigenvalue weighted by Gasteiger charge is -2.45. The van der Waals surface area contributed by atoms with Crippen LogP contribution in [0, 0.1) is 10.8 Å². The number of hydrogen-bond donors (Lipinski definition) is 2. The van der Waals surface area contributed by atoms with Crippen molar-refractivity contribution in [2.45, 2.75) is 77.4 Å². The molecule has 1 aromatic carbocycles. The zero-order valence-corrected chi connectivity index (χ0v) is 20.9. The van der Waals surface area contributed by atoms with Gasteiger partial charge < -0.3 is 19.7 Å². The van der Waals surface area contributed by atoms with Crippen molar-refractivity contribution in [3.63, 3.8) is 0 Å². The Kier molecular flexibility index (Phi) is 9.63. The standard InChI is InChI=1S/C24H36O7S/c1-8-23(5,32-18(20(27)28)13-19(25)26)15-24(6,22(2,3)4)21(29)31-14-16-9-11-17(30-7)12-10-16/h9-12,18H,8,13-15H2,1-7H3,(H,25,26)(H,27,28). The van der Waals surface area contributed by atoms with Crippen LogP contribution >= 0.6 is 11.8 Å². The monoisotopic (exact) mass is 468 g/mol. The molecule has 8 heteroatoms. The number of ether oxygens (including phenoxy) is 2. The van der Waals surface area contributed by atoms with E-state index in [2.05, 4.69) is 0 Å². The van der Waals surface area contributed by atoms with Crippen molar-refractivity contribution < 1.29 is 34.1 Å². The van der Waals surface area contributed by atoms with E-state index in [-0.39, 0.29) is 12.6 Å². The topological polar surface area (TPSA) is 110 Å². The van der Waals surface area contributed by atoms with Crippen molar-refractivity contribution in [1.82, 2.24) is 0 Å². The summed E-state index contributed by atoms with van der Waals surface area (Å²) in [7, 11) is 1.58. The maximum absolute atomic E-state index is 13.3. The van der Waals surface area contributed by atoms with Gasteiger partial charge in [0.25, 0.3) is 0 Å². The summed E-state index contributed by atoms with van der Waals surface area (Å²) < 4.78 is 10.2. The molecular formula is C24H36O7S. The van der Waals surface area contributed by atoms with Gasteiger partial charge in [0, 0.05) is 4.75 Å². The first-order valence-corrected chi connectivity index (χ1v) is 11.5. The minimum atomic E-state index is -1.17. The number of benzene rings is 1. The maximum atomic E-state index is 13.3. The van der Waals surface area contributed by atoms with Crippen molar-refractivity contribution in [2.24, 2.45) is 10.8 Å². The number of rotatable bonds is 12. The van der Waals surface area contributed by atoms with Crippen molar-refractivity contribution in [1.29, 1.82) is 0 Å². The summed E-state index contributed by atoms with van der Waals surface area (Å²) in [5.41, 5.74) is -0.578. The van der Waals surface area contributed by atoms with Crippen LogP contribution in [0.5, 0.6) is 5.75 Å². The third kappa shape index (κ3) is 7.43. The lowest BCUT2D eigenvalue weighted by atomic mass is 9.63. The Hall–Kier alpha value is -2.22. The summed E-state index contributed by atoms with van der Waals surface area (Å²) in [5.74, 6) is -1.99. The smallest absolute Gasteiger partial charge is 0.317 e. The van der Waals surface area contributed by atoms with E-state index < -0.39 is 39.2 Å². The average Bonchev–Trinajstić information content (AvgIpc) is 2.70. The highest BCUT2D eigenvalue weighted by molar-refractivity contribution is 8.01. The largest absolute Gasteiger partial charge is 0.497 e. The lowest BCUT2D eigenvalue weighted by molar-refractivity contribution is -0.164. The number of methoxy groups -OCH3 is 1. The fraction of sp³-hybridized carbons (Fsp3) is 0.625. The molecule has 3 unspecified atom stereocenters. The number of carboxylic acid groups (broad SMARTS) is 2. The van der Waals surface area contributed by atoms with Crippen molar-refractivity contribution >= 4 is 29.7 Å². The molecule has 0 fully saturated rings. The zero-order valence-electron chi connectivity index (χ0n) is 20.1. The van der Waals surface area contributed by atoms with Crippen LogP contribution in [-0.2, 0) is 25.7 Å². The minimum absolute atomic E-state index is 0.112. The van der Waals surface area contributed by atoms with E-state index in [1.54, 1.807) is 19.2 Å². The Balaban J connectivity index is 3.09. The second kappa shape index (κ2) is 11.1. The summed E-state index contributed by atoms with van der Waals surface area (Å²) in [6.07, 6.45) is 0.428. The van der Waals surface area contributed by atoms with Gasteiger partial charge >= 0.3 is 17.9 Å². The van der Waals surface area contributed by atoms with E-state index in [1.807, 2.05) is 53.7 Å². The van der Waals surface area contributed by atoms with Crippen LogP contribution in [0.25, 0.3) is 0 Å². The van der Waals surface area contributed by atoms with E-state index in [0.29, 0.717) is 18.6 Å². The predicted molar refractivity (Wildman–Crippen MR) is 125 cm³/mol. The van der Waals surface area contributed by atoms with E-state index in [1.165, 1.54) is 0 Å². The average molecular weight is 469 g/mol. The molecule has 2 N–H and O–H groups in total. The van der Waals surface area contributed by atoms with Crippen molar-refractivity contribution in [3.8, 4) is 5.75 Å². The first-order chi connectivity index (χ1) is 14.7. The zero-order chi connectivity index (χ0) is 24.7. The molecule has 0 bridgehead atoms. The predicted octanol–water partition coefficient (Wildman–Crippen LogP) is 5.01. The molecule has 3 atom stereocenters. The third-order valence-electron chi connectivity index (χ3n) is 6.17. The second-order valence-corrected chi connectivity index (χ2v) is 11.3. The van der Waals surface area contributed by atoms with Gasteiger partial charge in [0.15, 0.2) is 0 Å². The van der Waals surface area contributed by atoms with Crippen LogP contribution in [-0.4, -0.2) is 45.2 Å². The highest BCUT2D eigenvalue weighted by Gasteiger charge is 2.50. The highest BCUT2D eigenvalue weighted by Crippen LogP contribution is 2.50. The van der Waals surface area contributed by atoms with Gasteiger partial charge in [-0.1, -0.05) is 46.8 Å². The number of carboxylic acids is 2. The summed E-state index contributed by atoms with van der Waals surface area (Å²) in [6.45, 7) is 11.6. The molecule has 0 saturated carbocycles. The van der Waals surface area contributed by atoms with Crippen molar-refractivity contribution in [3.05, 3.63) is 29.8 Å². The molecule has 0 aromatic heterocycles. The first-order valence-electron chi connectivity index (χ1n) is 10.6. The van der Waals surface area contributed by atoms with E-state index in [0.717, 1.165) is 17.3 Å². The molecule has 0 amide bonds. The number of carbonyl (C=O) groups excluding carboxylic acids is 1. The van der Waals surface area contributed by atoms with Crippen LogP contribution in [0.4, 0.5) is 0 Å². The molecule has 0 aliphatic carbocycles. The molecule has 0 saturated heterocycles. The first kappa shape index (κ1) is 27.8. The number of aliphatic carboxylic acids is 2. The van der Waals surface area contributed by atoms with Gasteiger partial charge in [-0.15, -0.1) is 11.8 Å². The quantitative estimate of drug-likeness (QED) is 0.412. The summed E-state index contributed by atoms with van der Waals surface area (Å²) in [5, 5.41) is 17.5. The molecule has 0 heterocycles. The second-order valence-electron chi connectivity index (χ2n) is 9.53. The van der Waals surface area contributed by atoms with Gasteiger partial charge in [0.1, 0.15) is 17.6 Å². The lowest BCUT2D eigenvalue weighted by Crippen LogP contribution is -2.47. The molecule has 7 nitrogen and oxygen atoms in total. The summed E-state index contributed by atoms with van der Waals surface area (Å²) in [4.78, 5) is 36.1. The van der Waals surface area contributed by atoms with Gasteiger partial charge in [-0.25, -0.2) is 0 Å². The molecule has 180 valence electrons. The highest BCUT2D eigenvalue weighted by atomic mass is 32.2. The molecule has 1 rings (SSSR count). The minimum Gasteiger partial charge on any atom is -0.497 e. The molecule has 0 aliphatic rings. The van der Waals surface area contributed by atoms with Crippen LogP contribution in [0.1, 0.15) is 66.4 Å². The summed E-state index contributed by atoms with van der Waals surface area (Å²) >= 11 is 1.11. The molecule has 32 heavy (non-hydrogen) atoms. The summed E-state index contributed by atoms with van der Waals surface area (Å²) in [6, 6.07) is 7.25. The van der Waals surface area contributed by atoms with Gasteiger partial charge in [-0.2, -0.15) is 0 Å². The number of carbonyl (C=O) groups is 3. The van der Waals surface area contributed by atoms with Gasteiger partial charge in [-0.05, 0) is 42.9 Å². The molecular weight excluding hydrogens is 432 g/mol. The number of esters is 1. The maximum Gasteiger partial charge on any atom is 0.317 e. The van der Waals surface area contributed by atoms with Crippen LogP contribution in [0.3, 0.4) is 0 Å². The van der Waals surface area contributed by atoms with Gasteiger partial charge in [0.05, 0.1) is 18.9 Å². The number of hydrogen-bond acceptors (Lipinski definition) is 6. The third-order valence-corrected chi connectivity index (χ3v) is 7.83. The fourth-order valence-corrected chi connectivity index (χ4v) is 4.91. The van der Waals surface area contributed by atoms with Gasteiger partial charge in [0.2, 0.25) is 0 Å². The fourth-order valence-electron chi connectivity index (χ4n) is 3.35. The molecule has 1 aromatic rings. The van der Waals surface area contributed by atoms with Crippen LogP contribution in [0.15, 0.2) is 24.3 Å². The van der Waals surface area contributed by atoms with Crippen LogP contribution < -0.4 is 4.74 Å². The SMILES string of the molecule is CCC(C)(CC(C)(C(=O)OCc1ccc(OC)cc1)C(C)(C)C)SC(CC(=O)O)C(=O)O. The molecule has 0 radical (unpaired) electrons. The molecule has 0 aliphatic heterocycles. The van der Waals surface area contributed by atoms with Crippen molar-refractivity contribution in [2.75, 3.05) is 7.11 Å². The Morgan fingerprint density at radius 1 is 1.03 bits per heavy atom. The van der Waals surface area contributed by atoms with Gasteiger partial charge in [-0.3, -0.25) is 14.4 Å². The Morgan fingerprint density at radius 3 is 2.00 bits per heavy atom.